The number of amides is 4. The minimum Gasteiger partial charge on any atom is -0.453 e. The second-order valence-electron chi connectivity index (χ2n) is 21.9. The fourth-order valence-corrected chi connectivity index (χ4v) is 10.5. The lowest BCUT2D eigenvalue weighted by Crippen LogP contribution is -2.57. The third-order valence-corrected chi connectivity index (χ3v) is 16.7. The SMILES string of the molecule is COC(=O)N[C@H](C(=O)N1CCNC[C@H]1c1nc(-c2ccc(-c3ccc(-c4cnc([C@@H]5CCCN5C(=O)[C@@H](NC(=O)OC)C(C)C)n4COCC[Si](C)(C)C)cc3)cc2)cn1COCC[Si](C)(C)C)C(C)C. The molecule has 4 aromatic rings. The van der Waals surface area contributed by atoms with Gasteiger partial charge in [-0.1, -0.05) is 116 Å². The molecule has 2 aromatic heterocycles. The van der Waals surface area contributed by atoms with E-state index in [9.17, 15) is 19.2 Å². The van der Waals surface area contributed by atoms with Crippen molar-refractivity contribution < 1.29 is 38.1 Å². The van der Waals surface area contributed by atoms with E-state index >= 15 is 0 Å². The molecule has 71 heavy (non-hydrogen) atoms. The summed E-state index contributed by atoms with van der Waals surface area (Å²) in [5, 5.41) is 8.97. The Hall–Kier alpha value is -5.35. The molecule has 0 saturated carbocycles. The maximum absolute atomic E-state index is 14.2. The van der Waals surface area contributed by atoms with E-state index in [1.165, 1.54) is 14.2 Å². The van der Waals surface area contributed by atoms with Crippen molar-refractivity contribution in [3.05, 3.63) is 72.6 Å². The summed E-state index contributed by atoms with van der Waals surface area (Å²) in [5.74, 6) is 0.827. The van der Waals surface area contributed by atoms with E-state index in [0.29, 0.717) is 58.7 Å². The molecule has 0 aliphatic carbocycles. The average Bonchev–Trinajstić information content (AvgIpc) is 4.10. The Morgan fingerprint density at radius 2 is 1.20 bits per heavy atom. The summed E-state index contributed by atoms with van der Waals surface area (Å²) in [6.07, 6.45) is 4.16. The van der Waals surface area contributed by atoms with Crippen LogP contribution in [0.4, 0.5) is 9.59 Å². The van der Waals surface area contributed by atoms with Crippen LogP contribution in [0.25, 0.3) is 33.6 Å². The van der Waals surface area contributed by atoms with E-state index < -0.39 is 46.5 Å². The van der Waals surface area contributed by atoms with Crippen LogP contribution in [0.2, 0.25) is 51.4 Å². The zero-order valence-electron chi connectivity index (χ0n) is 44.2. The number of nitrogens with zero attached hydrogens (tertiary/aromatic N) is 6. The molecule has 6 rings (SSSR count). The van der Waals surface area contributed by atoms with Gasteiger partial charge in [-0.05, 0) is 53.5 Å². The molecular weight excluding hydrogens is 935 g/mol. The number of rotatable bonds is 21. The molecule has 2 fully saturated rings. The van der Waals surface area contributed by atoms with Gasteiger partial charge in [0, 0.05) is 67.3 Å². The zero-order valence-corrected chi connectivity index (χ0v) is 46.2. The highest BCUT2D eigenvalue weighted by atomic mass is 28.3. The number of hydrogen-bond acceptors (Lipinski definition) is 11. The molecule has 0 bridgehead atoms. The van der Waals surface area contributed by atoms with Gasteiger partial charge in [0.05, 0.1) is 37.8 Å². The predicted octanol–water partition coefficient (Wildman–Crippen LogP) is 8.60. The molecule has 2 aliphatic heterocycles. The van der Waals surface area contributed by atoms with Crippen LogP contribution in [0.5, 0.6) is 0 Å². The van der Waals surface area contributed by atoms with E-state index in [-0.39, 0.29) is 29.7 Å². The van der Waals surface area contributed by atoms with E-state index in [4.69, 9.17) is 28.9 Å². The molecule has 2 aromatic carbocycles. The molecule has 17 nitrogen and oxygen atoms in total. The molecule has 4 atom stereocenters. The van der Waals surface area contributed by atoms with Crippen LogP contribution in [-0.4, -0.2) is 135 Å². The molecule has 2 aliphatic rings. The highest BCUT2D eigenvalue weighted by Crippen LogP contribution is 2.36. The van der Waals surface area contributed by atoms with E-state index in [2.05, 4.69) is 108 Å². The fraction of sp³-hybridized carbons (Fsp3) is 0.577. The average molecular weight is 1010 g/mol. The summed E-state index contributed by atoms with van der Waals surface area (Å²) in [6.45, 7) is 25.6. The van der Waals surface area contributed by atoms with Crippen molar-refractivity contribution in [1.82, 2.24) is 44.9 Å². The third-order valence-electron chi connectivity index (χ3n) is 13.3. The number of carbonyl (C=O) groups excluding carboxylic acids is 4. The van der Waals surface area contributed by atoms with Crippen LogP contribution in [0.15, 0.2) is 60.9 Å². The zero-order chi connectivity index (χ0) is 51.6. The van der Waals surface area contributed by atoms with Crippen LogP contribution >= 0.6 is 0 Å². The molecule has 19 heteroatoms. The monoisotopic (exact) mass is 1010 g/mol. The van der Waals surface area contributed by atoms with Gasteiger partial charge in [0.2, 0.25) is 11.8 Å². The molecule has 4 amide bonds. The quantitative estimate of drug-likeness (QED) is 0.0537. The first kappa shape index (κ1) is 55.0. The number of aromatic nitrogens is 4. The maximum Gasteiger partial charge on any atom is 0.407 e. The van der Waals surface area contributed by atoms with Crippen molar-refractivity contribution >= 4 is 40.1 Å². The number of carbonyl (C=O) groups is 4. The molecule has 0 radical (unpaired) electrons. The smallest absolute Gasteiger partial charge is 0.407 e. The largest absolute Gasteiger partial charge is 0.453 e. The van der Waals surface area contributed by atoms with Gasteiger partial charge < -0.3 is 53.8 Å². The standard InChI is InChI=1S/C52H79N9O8Si2/c1-35(2)45(56-51(64)66-5)49(62)59-24-13-14-42(59)47-54-31-43(61(47)34-69-27-29-71(10,11)12)40-21-17-38(18-22-40)37-15-19-39(20-16-37)41-32-58(33-68-26-28-70(7,8)9)48(55-41)44-30-53-23-25-60(44)50(63)46(36(3)4)57-52(65)67-6/h15-22,31-32,35-36,42,44-46,53H,13-14,23-30,33-34H2,1-12H3,(H,56,64)(H,57,65)/t42-,44-,45-,46-/m0/s1. The Morgan fingerprint density at radius 1 is 0.690 bits per heavy atom. The van der Waals surface area contributed by atoms with Gasteiger partial charge in [0.15, 0.2) is 0 Å². The second kappa shape index (κ2) is 24.4. The molecule has 2 saturated heterocycles. The molecular formula is C52H79N9O8Si2. The van der Waals surface area contributed by atoms with Gasteiger partial charge in [0.25, 0.3) is 0 Å². The normalized spacial score (nSPS) is 17.4. The molecule has 388 valence electrons. The summed E-state index contributed by atoms with van der Waals surface area (Å²) in [4.78, 5) is 66.7. The number of methoxy groups -OCH3 is 2. The summed E-state index contributed by atoms with van der Waals surface area (Å²) in [6, 6.07) is 16.6. The Bertz CT molecular complexity index is 2410. The fourth-order valence-electron chi connectivity index (χ4n) is 8.96. The molecule has 3 N–H and O–H groups in total. The summed E-state index contributed by atoms with van der Waals surface area (Å²) < 4.78 is 26.5. The predicted molar refractivity (Wildman–Crippen MR) is 282 cm³/mol. The van der Waals surface area contributed by atoms with Gasteiger partial charge in [-0.25, -0.2) is 19.6 Å². The van der Waals surface area contributed by atoms with Gasteiger partial charge in [-0.15, -0.1) is 0 Å². The molecule has 4 heterocycles. The number of hydrogen-bond donors (Lipinski definition) is 3. The van der Waals surface area contributed by atoms with Crippen molar-refractivity contribution in [2.24, 2.45) is 11.8 Å². The lowest BCUT2D eigenvalue weighted by molar-refractivity contribution is -0.138. The summed E-state index contributed by atoms with van der Waals surface area (Å²) >= 11 is 0. The maximum atomic E-state index is 14.2. The van der Waals surface area contributed by atoms with Gasteiger partial charge in [-0.3, -0.25) is 9.59 Å². The van der Waals surface area contributed by atoms with Crippen molar-refractivity contribution in [2.75, 3.05) is 53.6 Å². The Balaban J connectivity index is 1.26. The number of nitrogens with one attached hydrogen (secondary N) is 3. The first-order valence-corrected chi connectivity index (χ1v) is 32.6. The number of benzene rings is 2. The Morgan fingerprint density at radius 3 is 1.72 bits per heavy atom. The Labute approximate surface area is 422 Å². The van der Waals surface area contributed by atoms with Gasteiger partial charge in [-0.2, -0.15) is 0 Å². The number of alkyl carbamates (subject to hydrolysis) is 2. The highest BCUT2D eigenvalue weighted by Gasteiger charge is 2.40. The van der Waals surface area contributed by atoms with Crippen LogP contribution in [0.3, 0.4) is 0 Å². The number of piperazine rings is 1. The van der Waals surface area contributed by atoms with E-state index in [1.807, 2.05) is 54.5 Å². The van der Waals surface area contributed by atoms with Crippen molar-refractivity contribution in [3.8, 4) is 33.6 Å². The minimum atomic E-state index is -1.35. The van der Waals surface area contributed by atoms with Crippen LogP contribution < -0.4 is 16.0 Å². The highest BCUT2D eigenvalue weighted by molar-refractivity contribution is 6.76. The van der Waals surface area contributed by atoms with Crippen LogP contribution in [0, 0.1) is 11.8 Å². The number of likely N-dealkylation sites (tertiary alicyclic amines) is 1. The van der Waals surface area contributed by atoms with Crippen LogP contribution in [0.1, 0.15) is 64.3 Å². The van der Waals surface area contributed by atoms with Gasteiger partial charge >= 0.3 is 12.2 Å². The second-order valence-corrected chi connectivity index (χ2v) is 33.1. The first-order chi connectivity index (χ1) is 33.7. The van der Waals surface area contributed by atoms with Crippen molar-refractivity contribution in [3.63, 3.8) is 0 Å². The number of imidazole rings is 2. The van der Waals surface area contributed by atoms with Crippen molar-refractivity contribution in [1.29, 1.82) is 0 Å². The van der Waals surface area contributed by atoms with E-state index in [1.54, 1.807) is 0 Å². The molecule has 0 spiro atoms. The van der Waals surface area contributed by atoms with Gasteiger partial charge in [0.1, 0.15) is 43.2 Å². The minimum absolute atomic E-state index is 0.143. The first-order valence-electron chi connectivity index (χ1n) is 25.2. The topological polar surface area (TPSA) is 183 Å². The van der Waals surface area contributed by atoms with E-state index in [0.717, 1.165) is 64.4 Å². The van der Waals surface area contributed by atoms with Crippen molar-refractivity contribution in [2.45, 2.75) is 130 Å². The lowest BCUT2D eigenvalue weighted by Gasteiger charge is -2.38. The third kappa shape index (κ3) is 14.4. The summed E-state index contributed by atoms with van der Waals surface area (Å²) in [7, 11) is -0.0865. The Kier molecular flexibility index (Phi) is 18.9. The summed E-state index contributed by atoms with van der Waals surface area (Å²) in [5.41, 5.74) is 5.62. The number of ether oxygens (including phenoxy) is 4. The molecule has 0 unspecified atom stereocenters. The van der Waals surface area contributed by atoms with Crippen LogP contribution in [-0.2, 0) is 42.0 Å². The lowest BCUT2D eigenvalue weighted by atomic mass is 10.0.